The molecule has 0 heterocycles. The van der Waals surface area contributed by atoms with Crippen molar-refractivity contribution in [1.82, 2.24) is 5.32 Å². The van der Waals surface area contributed by atoms with E-state index in [2.05, 4.69) is 5.32 Å². The molecular weight excluding hydrogens is 449 g/mol. The van der Waals surface area contributed by atoms with Gasteiger partial charge in [-0.3, -0.25) is 9.35 Å². The van der Waals surface area contributed by atoms with E-state index in [1.807, 2.05) is 13.8 Å². The molecule has 0 aliphatic heterocycles. The molecule has 0 aliphatic carbocycles. The summed E-state index contributed by atoms with van der Waals surface area (Å²) in [6, 6.07) is 9.01. The van der Waals surface area contributed by atoms with Gasteiger partial charge in [0.2, 0.25) is 5.91 Å². The molecule has 0 radical (unpaired) electrons. The van der Waals surface area contributed by atoms with Crippen molar-refractivity contribution in [3.63, 3.8) is 0 Å². The second-order valence-electron chi connectivity index (χ2n) is 7.67. The van der Waals surface area contributed by atoms with Crippen LogP contribution in [0.25, 0.3) is 0 Å². The number of carbonyl (C=O) groups excluding carboxylic acids is 1. The number of amides is 1. The number of carbonyl (C=O) groups is 1. The number of halogens is 3. The third-order valence-electron chi connectivity index (χ3n) is 4.48. The van der Waals surface area contributed by atoms with E-state index in [0.29, 0.717) is 0 Å². The highest BCUT2D eigenvalue weighted by molar-refractivity contribution is 7.85. The van der Waals surface area contributed by atoms with E-state index in [4.69, 9.17) is 10.5 Å². The van der Waals surface area contributed by atoms with E-state index in [-0.39, 0.29) is 41.6 Å². The van der Waals surface area contributed by atoms with Crippen LogP contribution in [-0.2, 0) is 27.6 Å². The third-order valence-corrected chi connectivity index (χ3v) is 5.24. The zero-order valence-electron chi connectivity index (χ0n) is 17.5. The molecule has 1 unspecified atom stereocenters. The maximum absolute atomic E-state index is 13.1. The molecule has 0 bridgehead atoms. The van der Waals surface area contributed by atoms with Gasteiger partial charge in [-0.2, -0.15) is 21.6 Å². The molecule has 7 nitrogen and oxygen atoms in total. The lowest BCUT2D eigenvalue weighted by molar-refractivity contribution is -0.137. The average molecular weight is 475 g/mol. The maximum atomic E-state index is 13.1. The van der Waals surface area contributed by atoms with E-state index >= 15 is 0 Å². The zero-order chi connectivity index (χ0) is 24.1. The van der Waals surface area contributed by atoms with Gasteiger partial charge in [0.1, 0.15) is 5.75 Å². The fourth-order valence-electron chi connectivity index (χ4n) is 2.92. The maximum Gasteiger partial charge on any atom is 0.416 e. The van der Waals surface area contributed by atoms with Gasteiger partial charge >= 0.3 is 6.18 Å². The van der Waals surface area contributed by atoms with Crippen molar-refractivity contribution in [2.75, 3.05) is 18.1 Å². The molecule has 32 heavy (non-hydrogen) atoms. The minimum Gasteiger partial charge on any atom is -0.493 e. The van der Waals surface area contributed by atoms with E-state index in [9.17, 15) is 30.9 Å². The Bertz CT molecular complexity index is 1060. The Hall–Kier alpha value is -2.79. The molecule has 0 saturated carbocycles. The highest BCUT2D eigenvalue weighted by Crippen LogP contribution is 2.33. The quantitative estimate of drug-likeness (QED) is 0.377. The molecule has 11 heteroatoms. The number of nitrogens with one attached hydrogen (secondary N) is 1. The third kappa shape index (κ3) is 7.41. The first-order chi connectivity index (χ1) is 14.8. The fourth-order valence-corrected chi connectivity index (χ4v) is 3.67. The zero-order valence-corrected chi connectivity index (χ0v) is 18.3. The Morgan fingerprint density at radius 1 is 1.19 bits per heavy atom. The van der Waals surface area contributed by atoms with Crippen LogP contribution in [0.3, 0.4) is 0 Å². The molecule has 1 atom stereocenters. The standard InChI is InChI=1S/C21H25F3N2O5S/c1-13(2)11-31-19-9-15(21(22,23)24)8-7-14(19)10-26-20(27)17(12-32(28,29)30)16-5-3-4-6-18(16)25/h3-9,13,17H,10-12,25H2,1-2H3,(H,26,27)(H,28,29,30). The fraction of sp³-hybridized carbons (Fsp3) is 0.381. The molecule has 2 aromatic rings. The van der Waals surface area contributed by atoms with Crippen LogP contribution in [0.1, 0.15) is 36.5 Å². The van der Waals surface area contributed by atoms with Crippen molar-refractivity contribution >= 4 is 21.7 Å². The lowest BCUT2D eigenvalue weighted by Gasteiger charge is -2.19. The van der Waals surface area contributed by atoms with Gasteiger partial charge in [0.25, 0.3) is 10.1 Å². The largest absolute Gasteiger partial charge is 0.493 e. The Morgan fingerprint density at radius 3 is 2.41 bits per heavy atom. The molecule has 2 rings (SSSR count). The summed E-state index contributed by atoms with van der Waals surface area (Å²) in [6.45, 7) is 3.60. The van der Waals surface area contributed by atoms with Gasteiger partial charge in [-0.1, -0.05) is 38.1 Å². The summed E-state index contributed by atoms with van der Waals surface area (Å²) in [4.78, 5) is 12.8. The summed E-state index contributed by atoms with van der Waals surface area (Å²) in [5, 5.41) is 2.50. The summed E-state index contributed by atoms with van der Waals surface area (Å²) in [7, 11) is -4.53. The second-order valence-corrected chi connectivity index (χ2v) is 9.17. The second kappa shape index (κ2) is 10.2. The number of benzene rings is 2. The van der Waals surface area contributed by atoms with Crippen molar-refractivity contribution in [2.24, 2.45) is 5.92 Å². The van der Waals surface area contributed by atoms with Gasteiger partial charge in [-0.15, -0.1) is 0 Å². The molecule has 0 saturated heterocycles. The number of rotatable bonds is 9. The monoisotopic (exact) mass is 474 g/mol. The predicted molar refractivity (Wildman–Crippen MR) is 114 cm³/mol. The Balaban J connectivity index is 2.29. The number of hydrogen-bond acceptors (Lipinski definition) is 5. The van der Waals surface area contributed by atoms with Crippen molar-refractivity contribution in [1.29, 1.82) is 0 Å². The molecule has 2 aromatic carbocycles. The molecule has 0 fully saturated rings. The van der Waals surface area contributed by atoms with E-state index in [0.717, 1.165) is 12.1 Å². The van der Waals surface area contributed by atoms with Crippen LogP contribution in [0, 0.1) is 5.92 Å². The summed E-state index contributed by atoms with van der Waals surface area (Å²) in [6.07, 6.45) is -4.57. The first-order valence-electron chi connectivity index (χ1n) is 9.68. The van der Waals surface area contributed by atoms with Crippen LogP contribution in [-0.4, -0.2) is 31.2 Å². The number of para-hydroxylation sites is 1. The Morgan fingerprint density at radius 2 is 1.84 bits per heavy atom. The first-order valence-corrected chi connectivity index (χ1v) is 11.3. The van der Waals surface area contributed by atoms with Crippen molar-refractivity contribution < 1.29 is 35.7 Å². The van der Waals surface area contributed by atoms with Crippen LogP contribution >= 0.6 is 0 Å². The van der Waals surface area contributed by atoms with Crippen LogP contribution in [0.2, 0.25) is 0 Å². The minimum atomic E-state index is -4.57. The van der Waals surface area contributed by atoms with Gasteiger partial charge in [0, 0.05) is 17.8 Å². The number of ether oxygens (including phenoxy) is 1. The van der Waals surface area contributed by atoms with E-state index in [1.54, 1.807) is 12.1 Å². The molecule has 0 spiro atoms. The van der Waals surface area contributed by atoms with Crippen LogP contribution in [0.4, 0.5) is 18.9 Å². The Labute approximate surface area is 184 Å². The van der Waals surface area contributed by atoms with Crippen LogP contribution < -0.4 is 15.8 Å². The van der Waals surface area contributed by atoms with Crippen molar-refractivity contribution in [3.8, 4) is 5.75 Å². The van der Waals surface area contributed by atoms with E-state index in [1.165, 1.54) is 18.2 Å². The summed E-state index contributed by atoms with van der Waals surface area (Å²) in [5.74, 6) is -2.99. The van der Waals surface area contributed by atoms with Crippen molar-refractivity contribution in [3.05, 3.63) is 59.2 Å². The van der Waals surface area contributed by atoms with Gasteiger partial charge in [0.15, 0.2) is 0 Å². The molecule has 0 aliphatic rings. The molecule has 176 valence electrons. The highest BCUT2D eigenvalue weighted by Gasteiger charge is 2.32. The van der Waals surface area contributed by atoms with Crippen molar-refractivity contribution in [2.45, 2.75) is 32.5 Å². The highest BCUT2D eigenvalue weighted by atomic mass is 32.2. The first kappa shape index (κ1) is 25.5. The molecule has 4 N–H and O–H groups in total. The lowest BCUT2D eigenvalue weighted by atomic mass is 9.98. The number of hydrogen-bond donors (Lipinski definition) is 3. The van der Waals surface area contributed by atoms with Gasteiger partial charge in [0.05, 0.1) is 23.8 Å². The summed E-state index contributed by atoms with van der Waals surface area (Å²) < 4.78 is 76.9. The smallest absolute Gasteiger partial charge is 0.416 e. The number of nitrogens with two attached hydrogens (primary N) is 1. The predicted octanol–water partition coefficient (Wildman–Crippen LogP) is 3.61. The van der Waals surface area contributed by atoms with Crippen LogP contribution in [0.15, 0.2) is 42.5 Å². The van der Waals surface area contributed by atoms with Crippen LogP contribution in [0.5, 0.6) is 5.75 Å². The number of alkyl halides is 3. The topological polar surface area (TPSA) is 119 Å². The SMILES string of the molecule is CC(C)COc1cc(C(F)(F)F)ccc1CNC(=O)C(CS(=O)(=O)O)c1ccccc1N. The molecular formula is C21H25F3N2O5S. The van der Waals surface area contributed by atoms with Gasteiger partial charge in [-0.25, -0.2) is 0 Å². The molecule has 1 amide bonds. The van der Waals surface area contributed by atoms with Gasteiger partial charge in [-0.05, 0) is 29.7 Å². The molecule has 0 aromatic heterocycles. The Kier molecular flexibility index (Phi) is 8.13. The number of anilines is 1. The van der Waals surface area contributed by atoms with Gasteiger partial charge < -0.3 is 15.8 Å². The number of nitrogen functional groups attached to an aromatic ring is 1. The lowest BCUT2D eigenvalue weighted by Crippen LogP contribution is -2.33. The summed E-state index contributed by atoms with van der Waals surface area (Å²) >= 11 is 0. The minimum absolute atomic E-state index is 0.0422. The van der Waals surface area contributed by atoms with E-state index < -0.39 is 39.4 Å². The normalized spacial score (nSPS) is 13.1. The summed E-state index contributed by atoms with van der Waals surface area (Å²) in [5.41, 5.74) is 5.59. The average Bonchev–Trinajstić information content (AvgIpc) is 2.68.